The monoisotopic (exact) mass is 291 g/mol. The number of hydrogen-bond acceptors (Lipinski definition) is 0. The Hall–Kier alpha value is -0.760. The molecule has 0 unspecified atom stereocenters. The molecule has 17 heavy (non-hydrogen) atoms. The van der Waals surface area contributed by atoms with Gasteiger partial charge in [-0.2, -0.15) is 0 Å². The van der Waals surface area contributed by atoms with Crippen molar-refractivity contribution in [3.63, 3.8) is 0 Å². The summed E-state index contributed by atoms with van der Waals surface area (Å²) in [5.74, 6) is 0. The summed E-state index contributed by atoms with van der Waals surface area (Å²) in [6.07, 6.45) is 6.45. The van der Waals surface area contributed by atoms with E-state index in [4.69, 9.17) is 0 Å². The summed E-state index contributed by atoms with van der Waals surface area (Å²) in [4.78, 5) is 0. The largest absolute Gasteiger partial charge is 0.344 e. The van der Waals surface area contributed by atoms with Crippen molar-refractivity contribution in [2.24, 2.45) is 0 Å². The smallest absolute Gasteiger partial charge is 0.0486 e. The molecule has 0 N–H and O–H groups in total. The molecule has 0 spiro atoms. The number of aromatic nitrogens is 1. The molecule has 2 aromatic rings. The van der Waals surface area contributed by atoms with Crippen molar-refractivity contribution >= 4 is 26.8 Å². The zero-order valence-corrected chi connectivity index (χ0v) is 11.9. The number of aryl methyl sites for hydroxylation is 2. The molecule has 0 fully saturated rings. The Morgan fingerprint density at radius 1 is 1.24 bits per heavy atom. The van der Waals surface area contributed by atoms with Gasteiger partial charge >= 0.3 is 0 Å². The van der Waals surface area contributed by atoms with Crippen LogP contribution in [-0.2, 0) is 19.4 Å². The maximum absolute atomic E-state index is 3.60. The van der Waals surface area contributed by atoms with Gasteiger partial charge in [0.05, 0.1) is 0 Å². The molecular formula is C15H18BrN. The standard InChI is InChI=1S/C15H18BrN/c1-2-9-17-14-6-4-3-5-12(14)13-10-11(16)7-8-15(13)17/h7-8,10H,2-6,9H2,1H3. The second-order valence-corrected chi connectivity index (χ2v) is 5.86. The van der Waals surface area contributed by atoms with Gasteiger partial charge in [0.25, 0.3) is 0 Å². The zero-order chi connectivity index (χ0) is 11.8. The minimum Gasteiger partial charge on any atom is -0.344 e. The van der Waals surface area contributed by atoms with E-state index in [2.05, 4.69) is 45.6 Å². The first-order valence-electron chi connectivity index (χ1n) is 6.60. The minimum absolute atomic E-state index is 1.16. The molecule has 0 radical (unpaired) electrons. The van der Waals surface area contributed by atoms with Gasteiger partial charge in [0, 0.05) is 27.6 Å². The SMILES string of the molecule is CCCn1c2c(c3cc(Br)ccc31)CCCC2. The molecule has 1 aromatic carbocycles. The molecule has 1 heterocycles. The van der Waals surface area contributed by atoms with Gasteiger partial charge in [-0.25, -0.2) is 0 Å². The molecule has 3 rings (SSSR count). The van der Waals surface area contributed by atoms with Gasteiger partial charge in [-0.05, 0) is 55.9 Å². The van der Waals surface area contributed by atoms with E-state index >= 15 is 0 Å². The Kier molecular flexibility index (Phi) is 2.99. The molecule has 0 saturated carbocycles. The van der Waals surface area contributed by atoms with Gasteiger partial charge in [-0.15, -0.1) is 0 Å². The lowest BCUT2D eigenvalue weighted by atomic mass is 9.95. The summed E-state index contributed by atoms with van der Waals surface area (Å²) in [5.41, 5.74) is 4.65. The molecular weight excluding hydrogens is 274 g/mol. The fraction of sp³-hybridized carbons (Fsp3) is 0.467. The summed E-state index contributed by atoms with van der Waals surface area (Å²) in [5, 5.41) is 1.47. The molecule has 1 nitrogen and oxygen atoms in total. The minimum atomic E-state index is 1.16. The fourth-order valence-electron chi connectivity index (χ4n) is 3.09. The lowest BCUT2D eigenvalue weighted by Gasteiger charge is -2.15. The van der Waals surface area contributed by atoms with Gasteiger partial charge in [0.1, 0.15) is 0 Å². The average molecular weight is 292 g/mol. The first kappa shape index (κ1) is 11.3. The van der Waals surface area contributed by atoms with Crippen molar-refractivity contribution in [1.82, 2.24) is 4.57 Å². The molecule has 1 aromatic heterocycles. The van der Waals surface area contributed by atoms with Crippen LogP contribution >= 0.6 is 15.9 Å². The highest BCUT2D eigenvalue weighted by Crippen LogP contribution is 2.33. The van der Waals surface area contributed by atoms with Crippen LogP contribution < -0.4 is 0 Å². The fourth-order valence-corrected chi connectivity index (χ4v) is 3.45. The maximum Gasteiger partial charge on any atom is 0.0486 e. The topological polar surface area (TPSA) is 4.93 Å². The van der Waals surface area contributed by atoms with Crippen LogP contribution in [0.5, 0.6) is 0 Å². The second kappa shape index (κ2) is 4.49. The summed E-state index contributed by atoms with van der Waals surface area (Å²) in [6.45, 7) is 3.42. The molecule has 1 aliphatic carbocycles. The summed E-state index contributed by atoms with van der Waals surface area (Å²) >= 11 is 3.60. The van der Waals surface area contributed by atoms with E-state index in [1.54, 1.807) is 11.3 Å². The van der Waals surface area contributed by atoms with Crippen LogP contribution in [0.25, 0.3) is 10.9 Å². The molecule has 0 aliphatic heterocycles. The van der Waals surface area contributed by atoms with Crippen molar-refractivity contribution in [1.29, 1.82) is 0 Å². The first-order chi connectivity index (χ1) is 8.31. The van der Waals surface area contributed by atoms with Crippen LogP contribution in [0.2, 0.25) is 0 Å². The van der Waals surface area contributed by atoms with E-state index in [-0.39, 0.29) is 0 Å². The summed E-state index contributed by atoms with van der Waals surface area (Å²) in [6, 6.07) is 6.74. The Bertz CT molecular complexity index is 554. The third-order valence-corrected chi connectivity index (χ3v) is 4.28. The van der Waals surface area contributed by atoms with Gasteiger partial charge in [-0.1, -0.05) is 22.9 Å². The van der Waals surface area contributed by atoms with Crippen LogP contribution in [0.15, 0.2) is 22.7 Å². The van der Waals surface area contributed by atoms with Gasteiger partial charge in [-0.3, -0.25) is 0 Å². The van der Waals surface area contributed by atoms with E-state index < -0.39 is 0 Å². The van der Waals surface area contributed by atoms with Crippen molar-refractivity contribution in [3.05, 3.63) is 33.9 Å². The number of halogens is 1. The van der Waals surface area contributed by atoms with Crippen LogP contribution in [0.4, 0.5) is 0 Å². The number of rotatable bonds is 2. The molecule has 2 heteroatoms. The van der Waals surface area contributed by atoms with E-state index in [0.29, 0.717) is 0 Å². The molecule has 0 amide bonds. The van der Waals surface area contributed by atoms with Crippen LogP contribution in [0, 0.1) is 0 Å². The van der Waals surface area contributed by atoms with E-state index in [0.717, 1.165) is 6.54 Å². The number of hydrogen-bond donors (Lipinski definition) is 0. The first-order valence-corrected chi connectivity index (χ1v) is 7.40. The zero-order valence-electron chi connectivity index (χ0n) is 10.3. The highest BCUT2D eigenvalue weighted by atomic mass is 79.9. The van der Waals surface area contributed by atoms with Crippen LogP contribution in [-0.4, -0.2) is 4.57 Å². The van der Waals surface area contributed by atoms with Crippen molar-refractivity contribution in [2.45, 2.75) is 45.6 Å². The van der Waals surface area contributed by atoms with E-state index in [1.807, 2.05) is 0 Å². The van der Waals surface area contributed by atoms with Gasteiger partial charge < -0.3 is 4.57 Å². The van der Waals surface area contributed by atoms with Crippen molar-refractivity contribution < 1.29 is 0 Å². The van der Waals surface area contributed by atoms with E-state index in [9.17, 15) is 0 Å². The van der Waals surface area contributed by atoms with Gasteiger partial charge in [0.15, 0.2) is 0 Å². The third kappa shape index (κ3) is 1.83. The van der Waals surface area contributed by atoms with Gasteiger partial charge in [0.2, 0.25) is 0 Å². The Morgan fingerprint density at radius 2 is 2.06 bits per heavy atom. The highest BCUT2D eigenvalue weighted by molar-refractivity contribution is 9.10. The lowest BCUT2D eigenvalue weighted by Crippen LogP contribution is -2.08. The Morgan fingerprint density at radius 3 is 2.88 bits per heavy atom. The maximum atomic E-state index is 3.60. The Labute approximate surface area is 111 Å². The summed E-state index contributed by atoms with van der Waals surface area (Å²) < 4.78 is 3.75. The Balaban J connectivity index is 2.29. The van der Waals surface area contributed by atoms with Crippen molar-refractivity contribution in [2.75, 3.05) is 0 Å². The molecule has 0 saturated heterocycles. The number of fused-ring (bicyclic) bond motifs is 3. The van der Waals surface area contributed by atoms with E-state index in [1.165, 1.54) is 47.5 Å². The molecule has 1 aliphatic rings. The lowest BCUT2D eigenvalue weighted by molar-refractivity contribution is 0.606. The predicted octanol–water partition coefficient (Wildman–Crippen LogP) is 4.69. The summed E-state index contributed by atoms with van der Waals surface area (Å²) in [7, 11) is 0. The molecule has 0 atom stereocenters. The highest BCUT2D eigenvalue weighted by Gasteiger charge is 2.19. The molecule has 90 valence electrons. The van der Waals surface area contributed by atoms with Crippen LogP contribution in [0.1, 0.15) is 37.4 Å². The second-order valence-electron chi connectivity index (χ2n) is 4.95. The predicted molar refractivity (Wildman–Crippen MR) is 76.6 cm³/mol. The molecule has 0 bridgehead atoms. The number of benzene rings is 1. The van der Waals surface area contributed by atoms with Crippen LogP contribution in [0.3, 0.4) is 0 Å². The average Bonchev–Trinajstić information content (AvgIpc) is 2.65. The quantitative estimate of drug-likeness (QED) is 0.756. The normalized spacial score (nSPS) is 15.2. The van der Waals surface area contributed by atoms with Crippen molar-refractivity contribution in [3.8, 4) is 0 Å². The number of nitrogens with zero attached hydrogens (tertiary/aromatic N) is 1. The third-order valence-electron chi connectivity index (χ3n) is 3.79.